The molecule has 0 unspecified atom stereocenters. The molecule has 3 rings (SSSR count). The Morgan fingerprint density at radius 2 is 1.50 bits per heavy atom. The molecule has 0 heterocycles. The largest absolute Gasteiger partial charge is 0.445 e. The number of ether oxygens (including phenoxy) is 2. The number of aliphatic hydroxyl groups is 1. The average molecular weight is 718 g/mol. The Morgan fingerprint density at radius 1 is 0.920 bits per heavy atom. The number of carbonyl (C=O) groups is 2. The van der Waals surface area contributed by atoms with Crippen LogP contribution in [0.2, 0.25) is 0 Å². The Hall–Kier alpha value is -3.91. The monoisotopic (exact) mass is 717 g/mol. The van der Waals surface area contributed by atoms with Crippen LogP contribution in [0.1, 0.15) is 62.3 Å². The zero-order valence-electron chi connectivity index (χ0n) is 28.8. The zero-order valence-corrected chi connectivity index (χ0v) is 29.7. The van der Waals surface area contributed by atoms with Crippen molar-refractivity contribution < 1.29 is 41.4 Å². The van der Waals surface area contributed by atoms with E-state index in [4.69, 9.17) is 15.2 Å². The highest BCUT2D eigenvalue weighted by Crippen LogP contribution is 2.25. The molecule has 13 heteroatoms. The molecule has 4 atom stereocenters. The summed E-state index contributed by atoms with van der Waals surface area (Å²) >= 11 is 0. The maximum absolute atomic E-state index is 14.6. The van der Waals surface area contributed by atoms with Crippen molar-refractivity contribution in [1.29, 1.82) is 0 Å². The van der Waals surface area contributed by atoms with Crippen LogP contribution in [0.25, 0.3) is 0 Å². The van der Waals surface area contributed by atoms with Crippen LogP contribution < -0.4 is 11.1 Å². The SMILES string of the molecule is CCCC(CCC)S(=O)(=O)C[C@@H](NC(=O)OCc1ccccc1)C(=O)N(C[C@@H](O)[C@@H](N)Cc1cc(F)cc(F)c1)[C@H](COC)c1ccccc1. The summed E-state index contributed by atoms with van der Waals surface area (Å²) in [6.45, 7) is 3.15. The average Bonchev–Trinajstić information content (AvgIpc) is 3.08. The second-order valence-corrected chi connectivity index (χ2v) is 14.7. The summed E-state index contributed by atoms with van der Waals surface area (Å²) in [5.74, 6) is -3.14. The molecule has 0 aliphatic heterocycles. The fraction of sp³-hybridized carbons (Fsp3) is 0.459. The number of rotatable bonds is 20. The molecule has 0 aromatic heterocycles. The number of hydrogen-bond acceptors (Lipinski definition) is 8. The summed E-state index contributed by atoms with van der Waals surface area (Å²) in [6.07, 6.45) is -0.611. The minimum Gasteiger partial charge on any atom is -0.445 e. The predicted octanol–water partition coefficient (Wildman–Crippen LogP) is 5.09. The first kappa shape index (κ1) is 40.5. The van der Waals surface area contributed by atoms with Gasteiger partial charge in [0.15, 0.2) is 9.84 Å². The Morgan fingerprint density at radius 3 is 2.06 bits per heavy atom. The van der Waals surface area contributed by atoms with Crippen molar-refractivity contribution in [1.82, 2.24) is 10.2 Å². The van der Waals surface area contributed by atoms with Gasteiger partial charge in [0.1, 0.15) is 24.3 Å². The molecule has 0 radical (unpaired) electrons. The van der Waals surface area contributed by atoms with Gasteiger partial charge in [0, 0.05) is 25.8 Å². The summed E-state index contributed by atoms with van der Waals surface area (Å²) in [5.41, 5.74) is 7.82. The molecule has 50 heavy (non-hydrogen) atoms. The molecule has 0 spiro atoms. The van der Waals surface area contributed by atoms with E-state index in [0.29, 0.717) is 36.8 Å². The van der Waals surface area contributed by atoms with Gasteiger partial charge in [0.2, 0.25) is 5.91 Å². The fourth-order valence-electron chi connectivity index (χ4n) is 5.84. The third-order valence-electron chi connectivity index (χ3n) is 8.37. The first-order valence-electron chi connectivity index (χ1n) is 16.8. The van der Waals surface area contributed by atoms with E-state index in [1.54, 1.807) is 60.7 Å². The van der Waals surface area contributed by atoms with Crippen molar-refractivity contribution in [2.75, 3.05) is 26.0 Å². The van der Waals surface area contributed by atoms with E-state index in [1.807, 2.05) is 13.8 Å². The molecule has 0 aliphatic carbocycles. The van der Waals surface area contributed by atoms with Gasteiger partial charge in [-0.25, -0.2) is 22.0 Å². The minimum atomic E-state index is -3.94. The van der Waals surface area contributed by atoms with E-state index in [-0.39, 0.29) is 25.2 Å². The van der Waals surface area contributed by atoms with Crippen LogP contribution in [0.5, 0.6) is 0 Å². The number of nitrogens with zero attached hydrogens (tertiary/aromatic N) is 1. The highest BCUT2D eigenvalue weighted by Gasteiger charge is 2.38. The number of nitrogens with two attached hydrogens (primary N) is 1. The van der Waals surface area contributed by atoms with Crippen molar-refractivity contribution in [2.24, 2.45) is 5.73 Å². The van der Waals surface area contributed by atoms with Gasteiger partial charge < -0.3 is 30.5 Å². The van der Waals surface area contributed by atoms with E-state index >= 15 is 0 Å². The topological polar surface area (TPSA) is 148 Å². The molecular weight excluding hydrogens is 668 g/mol. The third kappa shape index (κ3) is 12.4. The predicted molar refractivity (Wildman–Crippen MR) is 188 cm³/mol. The molecule has 0 fully saturated rings. The summed E-state index contributed by atoms with van der Waals surface area (Å²) in [6, 6.07) is 17.0. The second kappa shape index (κ2) is 20.1. The van der Waals surface area contributed by atoms with Crippen LogP contribution in [0.3, 0.4) is 0 Å². The Bertz CT molecular complexity index is 1570. The van der Waals surface area contributed by atoms with Crippen LogP contribution in [0.15, 0.2) is 78.9 Å². The smallest absolute Gasteiger partial charge is 0.408 e. The number of methoxy groups -OCH3 is 1. The van der Waals surface area contributed by atoms with E-state index < -0.39 is 75.2 Å². The van der Waals surface area contributed by atoms with E-state index in [9.17, 15) is 31.9 Å². The van der Waals surface area contributed by atoms with Gasteiger partial charge in [-0.3, -0.25) is 4.79 Å². The number of alkyl carbamates (subject to hydrolysis) is 1. The molecule has 274 valence electrons. The van der Waals surface area contributed by atoms with Gasteiger partial charge in [-0.15, -0.1) is 0 Å². The number of nitrogens with one attached hydrogen (secondary N) is 1. The second-order valence-electron chi connectivity index (χ2n) is 12.4. The number of halogens is 2. The Balaban J connectivity index is 2.01. The first-order chi connectivity index (χ1) is 23.9. The van der Waals surface area contributed by atoms with Crippen LogP contribution in [-0.4, -0.2) is 79.9 Å². The first-order valence-corrected chi connectivity index (χ1v) is 18.5. The normalized spacial score (nSPS) is 14.1. The van der Waals surface area contributed by atoms with Crippen molar-refractivity contribution >= 4 is 21.8 Å². The molecule has 0 bridgehead atoms. The molecule has 3 aromatic carbocycles. The van der Waals surface area contributed by atoms with Crippen molar-refractivity contribution in [3.8, 4) is 0 Å². The van der Waals surface area contributed by atoms with Gasteiger partial charge in [-0.1, -0.05) is 87.4 Å². The summed E-state index contributed by atoms with van der Waals surface area (Å²) in [7, 11) is -2.51. The molecule has 0 aliphatic rings. The number of sulfone groups is 1. The molecule has 0 saturated heterocycles. The molecule has 10 nitrogen and oxygen atoms in total. The zero-order chi connectivity index (χ0) is 36.7. The lowest BCUT2D eigenvalue weighted by Gasteiger charge is -2.37. The minimum absolute atomic E-state index is 0.0565. The highest BCUT2D eigenvalue weighted by atomic mass is 32.2. The van der Waals surface area contributed by atoms with E-state index in [0.717, 1.165) is 18.2 Å². The maximum Gasteiger partial charge on any atom is 0.408 e. The van der Waals surface area contributed by atoms with Gasteiger partial charge in [-0.2, -0.15) is 0 Å². The third-order valence-corrected chi connectivity index (χ3v) is 10.7. The number of aliphatic hydroxyl groups excluding tert-OH is 1. The quantitative estimate of drug-likeness (QED) is 0.147. The van der Waals surface area contributed by atoms with Crippen LogP contribution in [0.4, 0.5) is 13.6 Å². The molecular formula is C37H49F2N3O7S. The van der Waals surface area contributed by atoms with Crippen molar-refractivity contribution in [2.45, 2.75) is 82.0 Å². The number of amides is 2. The lowest BCUT2D eigenvalue weighted by molar-refractivity contribution is -0.138. The van der Waals surface area contributed by atoms with Gasteiger partial charge in [0.25, 0.3) is 0 Å². The maximum atomic E-state index is 14.6. The number of benzene rings is 3. The Labute approximate surface area is 293 Å². The molecule has 4 N–H and O–H groups in total. The Kier molecular flexibility index (Phi) is 16.3. The number of carbonyl (C=O) groups excluding carboxylic acids is 2. The van der Waals surface area contributed by atoms with Crippen molar-refractivity contribution in [3.63, 3.8) is 0 Å². The molecule has 3 aromatic rings. The fourth-order valence-corrected chi connectivity index (χ4v) is 7.99. The lowest BCUT2D eigenvalue weighted by atomic mass is 9.99. The van der Waals surface area contributed by atoms with Gasteiger partial charge >= 0.3 is 6.09 Å². The van der Waals surface area contributed by atoms with E-state index in [2.05, 4.69) is 5.32 Å². The van der Waals surface area contributed by atoms with Gasteiger partial charge in [0.05, 0.1) is 29.8 Å². The molecule has 2 amide bonds. The lowest BCUT2D eigenvalue weighted by Crippen LogP contribution is -2.56. The highest BCUT2D eigenvalue weighted by molar-refractivity contribution is 7.92. The standard InChI is InChI=1S/C37H49F2N3O7S/c1-4-12-31(13-5-2)50(46,47)25-33(41-37(45)49-23-26-14-8-6-9-15-26)36(44)42(34(24-48-3)28-16-10-7-11-17-28)22-35(43)32(40)20-27-18-29(38)21-30(39)19-27/h6-11,14-19,21,31-35,43H,4-5,12-13,20,22-25,40H2,1-3H3,(H,41,45)/t32-,33+,34+,35+/m0/s1. The summed E-state index contributed by atoms with van der Waals surface area (Å²) in [5, 5.41) is 13.1. The van der Waals surface area contributed by atoms with Crippen molar-refractivity contribution in [3.05, 3.63) is 107 Å². The van der Waals surface area contributed by atoms with Crippen LogP contribution in [-0.2, 0) is 37.1 Å². The van der Waals surface area contributed by atoms with Crippen LogP contribution >= 0.6 is 0 Å². The van der Waals surface area contributed by atoms with Crippen LogP contribution in [0, 0.1) is 11.6 Å². The summed E-state index contributed by atoms with van der Waals surface area (Å²) in [4.78, 5) is 29.0. The van der Waals surface area contributed by atoms with Gasteiger partial charge in [-0.05, 0) is 48.1 Å². The summed E-state index contributed by atoms with van der Waals surface area (Å²) < 4.78 is 66.4. The van der Waals surface area contributed by atoms with E-state index in [1.165, 1.54) is 12.0 Å². The molecule has 0 saturated carbocycles. The number of hydrogen-bond donors (Lipinski definition) is 3.